The molecule has 5 rings (SSSR count). The lowest BCUT2D eigenvalue weighted by molar-refractivity contribution is 0.0936. The second kappa shape index (κ2) is 9.02. The van der Waals surface area contributed by atoms with Gasteiger partial charge in [-0.2, -0.15) is 5.10 Å². The fourth-order valence-electron chi connectivity index (χ4n) is 5.64. The van der Waals surface area contributed by atoms with Crippen LogP contribution in [0.3, 0.4) is 0 Å². The van der Waals surface area contributed by atoms with E-state index in [9.17, 15) is 9.59 Å². The summed E-state index contributed by atoms with van der Waals surface area (Å²) in [7, 11) is 0. The molecule has 7 nitrogen and oxygen atoms in total. The molecule has 2 aliphatic rings. The highest BCUT2D eigenvalue weighted by atomic mass is 16.2. The molecule has 35 heavy (non-hydrogen) atoms. The van der Waals surface area contributed by atoms with Gasteiger partial charge in [0.2, 0.25) is 0 Å². The number of hydrogen-bond acceptors (Lipinski definition) is 4. The highest BCUT2D eigenvalue weighted by molar-refractivity contribution is 6.02. The molecule has 2 aliphatic carbocycles. The summed E-state index contributed by atoms with van der Waals surface area (Å²) in [5, 5.41) is 11.3. The monoisotopic (exact) mass is 473 g/mol. The van der Waals surface area contributed by atoms with Crippen LogP contribution in [0.4, 0.5) is 5.69 Å². The molecule has 184 valence electrons. The SMILES string of the molecule is CC1CC[C@@H](Nc2c(C(N)=O)cnn3cc(-c4ccc(C(=O)NC5CCCC5)cc4)cc23)C1(C)C. The fourth-order valence-corrected chi connectivity index (χ4v) is 5.64. The number of carbonyl (C=O) groups excluding carboxylic acids is 2. The highest BCUT2D eigenvalue weighted by Crippen LogP contribution is 2.44. The van der Waals surface area contributed by atoms with E-state index in [0.717, 1.165) is 48.0 Å². The van der Waals surface area contributed by atoms with E-state index in [1.54, 1.807) is 10.7 Å². The van der Waals surface area contributed by atoms with Gasteiger partial charge in [-0.05, 0) is 60.8 Å². The molecule has 2 saturated carbocycles. The number of benzene rings is 1. The normalized spacial score (nSPS) is 21.9. The Labute approximate surface area is 206 Å². The van der Waals surface area contributed by atoms with Crippen molar-refractivity contribution in [2.45, 2.75) is 71.4 Å². The van der Waals surface area contributed by atoms with E-state index >= 15 is 0 Å². The van der Waals surface area contributed by atoms with E-state index in [4.69, 9.17) is 5.73 Å². The van der Waals surface area contributed by atoms with Crippen molar-refractivity contribution in [3.63, 3.8) is 0 Å². The lowest BCUT2D eigenvalue weighted by Crippen LogP contribution is -2.35. The van der Waals surface area contributed by atoms with Gasteiger partial charge in [0.05, 0.1) is 23.0 Å². The highest BCUT2D eigenvalue weighted by Gasteiger charge is 2.41. The number of rotatable bonds is 6. The second-order valence-corrected chi connectivity index (χ2v) is 10.9. The van der Waals surface area contributed by atoms with Crippen molar-refractivity contribution in [2.24, 2.45) is 17.1 Å². The Balaban J connectivity index is 1.44. The zero-order valence-electron chi connectivity index (χ0n) is 20.8. The van der Waals surface area contributed by atoms with E-state index in [2.05, 4.69) is 36.5 Å². The van der Waals surface area contributed by atoms with Crippen molar-refractivity contribution in [3.05, 3.63) is 53.9 Å². The third-order valence-electron chi connectivity index (χ3n) is 8.45. The van der Waals surface area contributed by atoms with Crippen molar-refractivity contribution in [1.29, 1.82) is 0 Å². The molecule has 0 bridgehead atoms. The second-order valence-electron chi connectivity index (χ2n) is 10.9. The van der Waals surface area contributed by atoms with Crippen molar-refractivity contribution >= 4 is 23.0 Å². The molecule has 0 aliphatic heterocycles. The van der Waals surface area contributed by atoms with Gasteiger partial charge in [0.25, 0.3) is 11.8 Å². The standard InChI is InChI=1S/C28H35N5O2/c1-17-8-13-24(28(17,2)3)32-25-22(26(29)34)15-30-33-16-20(14-23(25)33)18-9-11-19(12-10-18)27(35)31-21-6-4-5-7-21/h9-12,14-17,21,24,32H,4-8,13H2,1-3H3,(H2,29,34)(H,31,35)/t17?,24-/m1/s1. The van der Waals surface area contributed by atoms with Gasteiger partial charge in [-0.3, -0.25) is 9.59 Å². The number of hydrogen-bond donors (Lipinski definition) is 3. The minimum Gasteiger partial charge on any atom is -0.379 e. The molecular weight excluding hydrogens is 438 g/mol. The van der Waals surface area contributed by atoms with Crippen LogP contribution in [0.1, 0.15) is 80.0 Å². The fraction of sp³-hybridized carbons (Fsp3) is 0.464. The van der Waals surface area contributed by atoms with Crippen molar-refractivity contribution in [3.8, 4) is 11.1 Å². The van der Waals surface area contributed by atoms with Crippen LogP contribution in [0, 0.1) is 11.3 Å². The Kier molecular flexibility index (Phi) is 6.03. The molecule has 7 heteroatoms. The lowest BCUT2D eigenvalue weighted by atomic mass is 9.80. The van der Waals surface area contributed by atoms with Gasteiger partial charge in [0, 0.05) is 29.4 Å². The van der Waals surface area contributed by atoms with Crippen LogP contribution in [0.2, 0.25) is 0 Å². The van der Waals surface area contributed by atoms with Crippen molar-refractivity contribution in [2.75, 3.05) is 5.32 Å². The number of anilines is 1. The Morgan fingerprint density at radius 1 is 1.06 bits per heavy atom. The first kappa shape index (κ1) is 23.4. The number of nitrogens with one attached hydrogen (secondary N) is 2. The van der Waals surface area contributed by atoms with Gasteiger partial charge >= 0.3 is 0 Å². The van der Waals surface area contributed by atoms with Gasteiger partial charge in [-0.25, -0.2) is 4.52 Å². The Morgan fingerprint density at radius 3 is 2.40 bits per heavy atom. The van der Waals surface area contributed by atoms with Crippen LogP contribution in [0.25, 0.3) is 16.6 Å². The first-order chi connectivity index (χ1) is 16.7. The molecule has 2 heterocycles. The van der Waals surface area contributed by atoms with Crippen LogP contribution in [0.15, 0.2) is 42.7 Å². The Bertz CT molecular complexity index is 1250. The van der Waals surface area contributed by atoms with Gasteiger partial charge in [-0.1, -0.05) is 45.7 Å². The third-order valence-corrected chi connectivity index (χ3v) is 8.45. The number of amides is 2. The summed E-state index contributed by atoms with van der Waals surface area (Å²) in [6.07, 6.45) is 10.2. The van der Waals surface area contributed by atoms with Crippen LogP contribution < -0.4 is 16.4 Å². The van der Waals surface area contributed by atoms with Crippen molar-refractivity contribution in [1.82, 2.24) is 14.9 Å². The zero-order valence-corrected chi connectivity index (χ0v) is 20.8. The van der Waals surface area contributed by atoms with E-state index in [0.29, 0.717) is 23.1 Å². The molecule has 1 aromatic carbocycles. The van der Waals surface area contributed by atoms with E-state index < -0.39 is 5.91 Å². The molecule has 1 unspecified atom stereocenters. The van der Waals surface area contributed by atoms with Crippen molar-refractivity contribution < 1.29 is 9.59 Å². The molecule has 2 fully saturated rings. The van der Waals surface area contributed by atoms with E-state index in [-0.39, 0.29) is 17.4 Å². The predicted octanol–water partition coefficient (Wildman–Crippen LogP) is 5.01. The van der Waals surface area contributed by atoms with Gasteiger partial charge in [0.1, 0.15) is 0 Å². The van der Waals surface area contributed by atoms with Gasteiger partial charge in [-0.15, -0.1) is 0 Å². The molecule has 3 aromatic rings. The number of fused-ring (bicyclic) bond motifs is 1. The Hall–Kier alpha value is -3.35. The molecule has 4 N–H and O–H groups in total. The molecule has 0 saturated heterocycles. The smallest absolute Gasteiger partial charge is 0.252 e. The summed E-state index contributed by atoms with van der Waals surface area (Å²) in [5.74, 6) is 0.0755. The number of primary amides is 1. The summed E-state index contributed by atoms with van der Waals surface area (Å²) >= 11 is 0. The Morgan fingerprint density at radius 2 is 1.77 bits per heavy atom. The molecule has 2 aromatic heterocycles. The predicted molar refractivity (Wildman–Crippen MR) is 138 cm³/mol. The van der Waals surface area contributed by atoms with Gasteiger partial charge < -0.3 is 16.4 Å². The lowest BCUT2D eigenvalue weighted by Gasteiger charge is -2.33. The summed E-state index contributed by atoms with van der Waals surface area (Å²) < 4.78 is 1.79. The molecule has 0 spiro atoms. The van der Waals surface area contributed by atoms with Crippen LogP contribution in [-0.2, 0) is 0 Å². The topological polar surface area (TPSA) is 102 Å². The number of nitrogens with two attached hydrogens (primary N) is 1. The minimum atomic E-state index is -0.494. The maximum absolute atomic E-state index is 12.6. The molecule has 2 amide bonds. The van der Waals surface area contributed by atoms with E-state index in [1.165, 1.54) is 12.8 Å². The number of nitrogens with zero attached hydrogens (tertiary/aromatic N) is 2. The number of carbonyl (C=O) groups is 2. The maximum atomic E-state index is 12.6. The summed E-state index contributed by atoms with van der Waals surface area (Å²) in [5.41, 5.74) is 10.4. The third kappa shape index (κ3) is 4.40. The van der Waals surface area contributed by atoms with Crippen LogP contribution in [-0.4, -0.2) is 33.5 Å². The summed E-state index contributed by atoms with van der Waals surface area (Å²) in [4.78, 5) is 24.9. The largest absolute Gasteiger partial charge is 0.379 e. The van der Waals surface area contributed by atoms with Crippen LogP contribution >= 0.6 is 0 Å². The molecule has 0 radical (unpaired) electrons. The molecule has 2 atom stereocenters. The average Bonchev–Trinajstić information content (AvgIpc) is 3.55. The van der Waals surface area contributed by atoms with Gasteiger partial charge in [0.15, 0.2) is 0 Å². The summed E-state index contributed by atoms with van der Waals surface area (Å²) in [6, 6.07) is 10.2. The average molecular weight is 474 g/mol. The maximum Gasteiger partial charge on any atom is 0.252 e. The quantitative estimate of drug-likeness (QED) is 0.468. The van der Waals surface area contributed by atoms with E-state index in [1.807, 2.05) is 36.5 Å². The molecular formula is C28H35N5O2. The summed E-state index contributed by atoms with van der Waals surface area (Å²) in [6.45, 7) is 6.84. The first-order valence-corrected chi connectivity index (χ1v) is 12.7. The first-order valence-electron chi connectivity index (χ1n) is 12.7. The minimum absolute atomic E-state index is 0.0156. The zero-order chi connectivity index (χ0) is 24.7. The number of aromatic nitrogens is 2. The van der Waals surface area contributed by atoms with Crippen LogP contribution in [0.5, 0.6) is 0 Å².